The molecule has 204 valence electrons. The Morgan fingerprint density at radius 3 is 2.10 bits per heavy atom. The molecule has 1 aromatic heterocycles. The summed E-state index contributed by atoms with van der Waals surface area (Å²) in [4.78, 5) is 23.4. The second-order valence-corrected chi connectivity index (χ2v) is 10.9. The SMILES string of the molecule is COc1cc(Nc2nc3ccccc3nc2NS(=O)(=O)c2cc(CC(=O)CN(C)C)ccc2C)cc(OC)c1. The molecule has 2 N–H and O–H groups in total. The van der Waals surface area contributed by atoms with Crippen molar-refractivity contribution in [3.8, 4) is 11.5 Å². The normalized spacial score (nSPS) is 11.4. The first-order chi connectivity index (χ1) is 18.6. The first-order valence-electron chi connectivity index (χ1n) is 12.1. The molecule has 0 aliphatic rings. The Labute approximate surface area is 228 Å². The van der Waals surface area contributed by atoms with Gasteiger partial charge in [-0.15, -0.1) is 0 Å². The molecule has 0 amide bonds. The first kappa shape index (κ1) is 27.8. The van der Waals surface area contributed by atoms with Gasteiger partial charge in [-0.3, -0.25) is 9.52 Å². The van der Waals surface area contributed by atoms with Gasteiger partial charge in [0.1, 0.15) is 11.5 Å². The van der Waals surface area contributed by atoms with E-state index in [2.05, 4.69) is 20.0 Å². The van der Waals surface area contributed by atoms with Crippen molar-refractivity contribution >= 4 is 44.2 Å². The van der Waals surface area contributed by atoms with E-state index in [1.54, 1.807) is 74.6 Å². The fourth-order valence-corrected chi connectivity index (χ4v) is 5.34. The maximum atomic E-state index is 13.6. The van der Waals surface area contributed by atoms with Crippen LogP contribution in [0.15, 0.2) is 65.6 Å². The van der Waals surface area contributed by atoms with E-state index in [-0.39, 0.29) is 35.3 Å². The van der Waals surface area contributed by atoms with Crippen molar-refractivity contribution in [2.45, 2.75) is 18.2 Å². The summed E-state index contributed by atoms with van der Waals surface area (Å²) in [5.74, 6) is 1.29. The number of para-hydroxylation sites is 2. The second kappa shape index (κ2) is 11.7. The number of carbonyl (C=O) groups is 1. The zero-order valence-corrected chi connectivity index (χ0v) is 23.3. The predicted octanol–water partition coefficient (Wildman–Crippen LogP) is 4.17. The van der Waals surface area contributed by atoms with Gasteiger partial charge in [-0.2, -0.15) is 0 Å². The van der Waals surface area contributed by atoms with E-state index in [4.69, 9.17) is 9.47 Å². The number of hydrogen-bond acceptors (Lipinski definition) is 9. The number of likely N-dealkylation sites (N-methyl/N-ethyl adjacent to an activating group) is 1. The number of anilines is 3. The number of aryl methyl sites for hydroxylation is 1. The molecule has 0 bridgehead atoms. The first-order valence-corrected chi connectivity index (χ1v) is 13.6. The highest BCUT2D eigenvalue weighted by molar-refractivity contribution is 7.92. The molecule has 11 heteroatoms. The third-order valence-electron chi connectivity index (χ3n) is 5.85. The van der Waals surface area contributed by atoms with Crippen LogP contribution in [0.5, 0.6) is 11.5 Å². The van der Waals surface area contributed by atoms with E-state index in [1.807, 2.05) is 20.2 Å². The minimum atomic E-state index is -4.10. The summed E-state index contributed by atoms with van der Waals surface area (Å²) >= 11 is 0. The van der Waals surface area contributed by atoms with Gasteiger partial charge in [0, 0.05) is 30.3 Å². The van der Waals surface area contributed by atoms with Crippen molar-refractivity contribution in [1.82, 2.24) is 14.9 Å². The Morgan fingerprint density at radius 2 is 1.51 bits per heavy atom. The number of methoxy groups -OCH3 is 2. The van der Waals surface area contributed by atoms with Crippen LogP contribution < -0.4 is 19.5 Å². The number of sulfonamides is 1. The molecular formula is C28H31N5O5S. The molecule has 0 fully saturated rings. The van der Waals surface area contributed by atoms with Gasteiger partial charge < -0.3 is 19.7 Å². The van der Waals surface area contributed by atoms with Crippen LogP contribution in [0.2, 0.25) is 0 Å². The van der Waals surface area contributed by atoms with Crippen molar-refractivity contribution < 1.29 is 22.7 Å². The molecule has 0 aliphatic carbocycles. The van der Waals surface area contributed by atoms with Crippen LogP contribution in [0.1, 0.15) is 11.1 Å². The lowest BCUT2D eigenvalue weighted by Gasteiger charge is -2.16. The molecule has 4 aromatic rings. The Kier molecular flexibility index (Phi) is 8.32. The Morgan fingerprint density at radius 1 is 0.897 bits per heavy atom. The van der Waals surface area contributed by atoms with Crippen molar-refractivity contribution in [1.29, 1.82) is 0 Å². The standard InChI is InChI=1S/C28H31N5O5S/c1-18-10-11-19(12-21(34)17-33(2)3)13-26(18)39(35,36)32-28-27(30-24-8-6-7-9-25(24)31-28)29-20-14-22(37-4)16-23(15-20)38-5/h6-11,13-16H,12,17H2,1-5H3,(H,29,30)(H,31,32). The topological polar surface area (TPSA) is 123 Å². The van der Waals surface area contributed by atoms with Crippen LogP contribution >= 0.6 is 0 Å². The minimum absolute atomic E-state index is 0.0132. The summed E-state index contributed by atoms with van der Waals surface area (Å²) in [5, 5.41) is 3.15. The fraction of sp³-hybridized carbons (Fsp3) is 0.250. The summed E-state index contributed by atoms with van der Waals surface area (Å²) in [6.07, 6.45) is 0.126. The van der Waals surface area contributed by atoms with Crippen LogP contribution in [-0.2, 0) is 21.2 Å². The molecule has 1 heterocycles. The number of rotatable bonds is 11. The summed E-state index contributed by atoms with van der Waals surface area (Å²) in [6.45, 7) is 1.97. The van der Waals surface area contributed by atoms with Crippen LogP contribution in [0.4, 0.5) is 17.3 Å². The van der Waals surface area contributed by atoms with E-state index >= 15 is 0 Å². The average Bonchev–Trinajstić information content (AvgIpc) is 2.89. The molecule has 4 rings (SSSR count). The summed E-state index contributed by atoms with van der Waals surface area (Å²) in [7, 11) is 2.60. The number of Topliss-reactive ketones (excluding diaryl/α,β-unsaturated/α-hetero) is 1. The molecule has 0 saturated heterocycles. The van der Waals surface area contributed by atoms with Gasteiger partial charge in [0.25, 0.3) is 10.0 Å². The molecule has 0 radical (unpaired) electrons. The Bertz CT molecular complexity index is 1600. The smallest absolute Gasteiger partial charge is 0.263 e. The Hall–Kier alpha value is -4.22. The van der Waals surface area contributed by atoms with E-state index in [0.717, 1.165) is 0 Å². The number of ketones is 1. The van der Waals surface area contributed by atoms with Gasteiger partial charge in [0.05, 0.1) is 36.7 Å². The van der Waals surface area contributed by atoms with Gasteiger partial charge >= 0.3 is 0 Å². The van der Waals surface area contributed by atoms with E-state index in [9.17, 15) is 13.2 Å². The number of nitrogens with one attached hydrogen (secondary N) is 2. The number of aromatic nitrogens is 2. The molecule has 0 spiro atoms. The zero-order chi connectivity index (χ0) is 28.2. The third kappa shape index (κ3) is 6.81. The van der Waals surface area contributed by atoms with Crippen molar-refractivity contribution in [2.24, 2.45) is 0 Å². The lowest BCUT2D eigenvalue weighted by molar-refractivity contribution is -0.119. The number of fused-ring (bicyclic) bond motifs is 1. The summed E-state index contributed by atoms with van der Waals surface area (Å²) in [6, 6.07) is 17.3. The lowest BCUT2D eigenvalue weighted by atomic mass is 10.1. The van der Waals surface area contributed by atoms with E-state index in [0.29, 0.717) is 39.3 Å². The van der Waals surface area contributed by atoms with Crippen molar-refractivity contribution in [3.05, 3.63) is 71.8 Å². The van der Waals surface area contributed by atoms with Crippen LogP contribution in [0.25, 0.3) is 11.0 Å². The van der Waals surface area contributed by atoms with Crippen molar-refractivity contribution in [2.75, 3.05) is 44.9 Å². The quantitative estimate of drug-likeness (QED) is 0.284. The van der Waals surface area contributed by atoms with Gasteiger partial charge in [0.15, 0.2) is 17.4 Å². The fourth-order valence-electron chi connectivity index (χ4n) is 4.04. The molecule has 3 aromatic carbocycles. The van der Waals surface area contributed by atoms with Gasteiger partial charge in [-0.1, -0.05) is 24.3 Å². The number of nitrogens with zero attached hydrogens (tertiary/aromatic N) is 3. The van der Waals surface area contributed by atoms with Gasteiger partial charge in [-0.25, -0.2) is 18.4 Å². The molecular weight excluding hydrogens is 518 g/mol. The maximum absolute atomic E-state index is 13.6. The predicted molar refractivity (Wildman–Crippen MR) is 152 cm³/mol. The van der Waals surface area contributed by atoms with Crippen LogP contribution in [-0.4, -0.2) is 63.9 Å². The summed E-state index contributed by atoms with van der Waals surface area (Å²) < 4.78 is 40.6. The highest BCUT2D eigenvalue weighted by Crippen LogP contribution is 2.32. The highest BCUT2D eigenvalue weighted by Gasteiger charge is 2.22. The number of benzene rings is 3. The second-order valence-electron chi connectivity index (χ2n) is 9.29. The van der Waals surface area contributed by atoms with Gasteiger partial charge in [0.2, 0.25) is 0 Å². The molecule has 0 atom stereocenters. The summed E-state index contributed by atoms with van der Waals surface area (Å²) in [5.41, 5.74) is 2.80. The molecule has 0 unspecified atom stereocenters. The van der Waals surface area contributed by atoms with E-state index < -0.39 is 10.0 Å². The Balaban J connectivity index is 1.73. The average molecular weight is 550 g/mol. The van der Waals surface area contributed by atoms with E-state index in [1.165, 1.54) is 6.07 Å². The van der Waals surface area contributed by atoms with Crippen LogP contribution in [0.3, 0.4) is 0 Å². The number of ether oxygens (including phenoxy) is 2. The van der Waals surface area contributed by atoms with Crippen molar-refractivity contribution in [3.63, 3.8) is 0 Å². The molecule has 0 saturated carbocycles. The molecule has 10 nitrogen and oxygen atoms in total. The molecule has 0 aliphatic heterocycles. The molecule has 39 heavy (non-hydrogen) atoms. The van der Waals surface area contributed by atoms with Crippen LogP contribution in [0, 0.1) is 6.92 Å². The van der Waals surface area contributed by atoms with Gasteiger partial charge in [-0.05, 0) is 50.3 Å². The number of hydrogen-bond donors (Lipinski definition) is 2. The maximum Gasteiger partial charge on any atom is 0.263 e. The minimum Gasteiger partial charge on any atom is -0.497 e. The lowest BCUT2D eigenvalue weighted by Crippen LogP contribution is -2.23. The monoisotopic (exact) mass is 549 g/mol. The third-order valence-corrected chi connectivity index (χ3v) is 7.33. The largest absolute Gasteiger partial charge is 0.497 e. The highest BCUT2D eigenvalue weighted by atomic mass is 32.2. The zero-order valence-electron chi connectivity index (χ0n) is 22.5. The number of carbonyl (C=O) groups excluding carboxylic acids is 1.